The minimum atomic E-state index is 0.417. The first kappa shape index (κ1) is 12.0. The number of nitrogens with zero attached hydrogens (tertiary/aromatic N) is 2. The second-order valence-electron chi connectivity index (χ2n) is 4.01. The van der Waals surface area contributed by atoms with Gasteiger partial charge in [-0.05, 0) is 20.0 Å². The number of likely N-dealkylation sites (N-methyl/N-ethyl adjacent to an activating group) is 1. The van der Waals surface area contributed by atoms with Crippen LogP contribution >= 0.6 is 0 Å². The summed E-state index contributed by atoms with van der Waals surface area (Å²) < 4.78 is 5.51. The van der Waals surface area contributed by atoms with Crippen molar-refractivity contribution in [2.45, 2.75) is 26.9 Å². The van der Waals surface area contributed by atoms with Gasteiger partial charge in [0, 0.05) is 26.2 Å². The molecule has 0 saturated carbocycles. The molecule has 1 atom stereocenters. The maximum atomic E-state index is 5.51. The van der Waals surface area contributed by atoms with E-state index in [4.69, 9.17) is 4.74 Å². The molecule has 84 valence electrons. The average molecular weight is 200 g/mol. The van der Waals surface area contributed by atoms with E-state index in [9.17, 15) is 0 Å². The van der Waals surface area contributed by atoms with Crippen LogP contribution in [0.2, 0.25) is 0 Å². The topological polar surface area (TPSA) is 15.7 Å². The molecular weight excluding hydrogens is 176 g/mol. The van der Waals surface area contributed by atoms with E-state index in [-0.39, 0.29) is 0 Å². The van der Waals surface area contributed by atoms with Crippen molar-refractivity contribution in [1.82, 2.24) is 9.80 Å². The molecule has 0 radical (unpaired) electrons. The van der Waals surface area contributed by atoms with E-state index in [1.54, 1.807) is 0 Å². The van der Waals surface area contributed by atoms with Gasteiger partial charge in [-0.2, -0.15) is 0 Å². The Morgan fingerprint density at radius 1 is 1.36 bits per heavy atom. The van der Waals surface area contributed by atoms with Crippen molar-refractivity contribution in [3.05, 3.63) is 0 Å². The zero-order valence-electron chi connectivity index (χ0n) is 9.83. The normalized spacial score (nSPS) is 24.4. The van der Waals surface area contributed by atoms with Gasteiger partial charge in [-0.15, -0.1) is 0 Å². The zero-order chi connectivity index (χ0) is 10.4. The van der Waals surface area contributed by atoms with Crippen LogP contribution in [0, 0.1) is 0 Å². The number of ether oxygens (including phenoxy) is 1. The van der Waals surface area contributed by atoms with E-state index in [1.807, 2.05) is 0 Å². The monoisotopic (exact) mass is 200 g/mol. The first-order valence-electron chi connectivity index (χ1n) is 5.82. The molecule has 0 aromatic carbocycles. The molecule has 1 aliphatic heterocycles. The van der Waals surface area contributed by atoms with Gasteiger partial charge < -0.3 is 9.64 Å². The van der Waals surface area contributed by atoms with Gasteiger partial charge in [-0.25, -0.2) is 0 Å². The molecule has 0 aliphatic carbocycles. The van der Waals surface area contributed by atoms with E-state index >= 15 is 0 Å². The molecule has 0 N–H and O–H groups in total. The minimum Gasteiger partial charge on any atom is -0.376 e. The summed E-state index contributed by atoms with van der Waals surface area (Å²) in [6, 6.07) is 0. The Bertz CT molecular complexity index is 148. The Kier molecular flexibility index (Phi) is 5.45. The highest BCUT2D eigenvalue weighted by Gasteiger charge is 2.16. The summed E-state index contributed by atoms with van der Waals surface area (Å²) in [4.78, 5) is 4.98. The molecule has 0 aromatic heterocycles. The summed E-state index contributed by atoms with van der Waals surface area (Å²) in [6.45, 7) is 14.4. The molecule has 1 fully saturated rings. The standard InChI is InChI=1S/C11H24N2O/c1-4-12(5-2)6-7-13-8-9-14-11(3)10-13/h11H,4-10H2,1-3H3. The van der Waals surface area contributed by atoms with Gasteiger partial charge in [-0.1, -0.05) is 13.8 Å². The lowest BCUT2D eigenvalue weighted by molar-refractivity contribution is -0.0203. The second kappa shape index (κ2) is 6.38. The van der Waals surface area contributed by atoms with Crippen LogP contribution in [0.25, 0.3) is 0 Å². The fourth-order valence-electron chi connectivity index (χ4n) is 1.92. The number of rotatable bonds is 5. The highest BCUT2D eigenvalue weighted by molar-refractivity contribution is 4.69. The summed E-state index contributed by atoms with van der Waals surface area (Å²) in [5.74, 6) is 0. The summed E-state index contributed by atoms with van der Waals surface area (Å²) in [7, 11) is 0. The fraction of sp³-hybridized carbons (Fsp3) is 1.00. The van der Waals surface area contributed by atoms with Crippen molar-refractivity contribution >= 4 is 0 Å². The Balaban J connectivity index is 2.16. The van der Waals surface area contributed by atoms with E-state index in [1.165, 1.54) is 13.1 Å². The Labute approximate surface area is 88.0 Å². The highest BCUT2D eigenvalue weighted by atomic mass is 16.5. The minimum absolute atomic E-state index is 0.417. The predicted octanol–water partition coefficient (Wildman–Crippen LogP) is 1.05. The fourth-order valence-corrected chi connectivity index (χ4v) is 1.92. The van der Waals surface area contributed by atoms with Crippen molar-refractivity contribution in [2.24, 2.45) is 0 Å². The molecule has 1 rings (SSSR count). The van der Waals surface area contributed by atoms with Crippen molar-refractivity contribution < 1.29 is 4.74 Å². The number of morpholine rings is 1. The number of hydrogen-bond acceptors (Lipinski definition) is 3. The van der Waals surface area contributed by atoms with Crippen LogP contribution in [0.4, 0.5) is 0 Å². The zero-order valence-corrected chi connectivity index (χ0v) is 9.83. The van der Waals surface area contributed by atoms with Crippen molar-refractivity contribution in [3.63, 3.8) is 0 Å². The first-order chi connectivity index (χ1) is 6.76. The lowest BCUT2D eigenvalue weighted by Gasteiger charge is -2.32. The molecular formula is C11H24N2O. The van der Waals surface area contributed by atoms with E-state index < -0.39 is 0 Å². The molecule has 0 spiro atoms. The summed E-state index contributed by atoms with van der Waals surface area (Å²) >= 11 is 0. The highest BCUT2D eigenvalue weighted by Crippen LogP contribution is 2.03. The molecule has 3 nitrogen and oxygen atoms in total. The molecule has 3 heteroatoms. The van der Waals surface area contributed by atoms with Crippen molar-refractivity contribution in [3.8, 4) is 0 Å². The van der Waals surface area contributed by atoms with Gasteiger partial charge in [0.2, 0.25) is 0 Å². The van der Waals surface area contributed by atoms with Crippen LogP contribution in [0.15, 0.2) is 0 Å². The molecule has 1 aliphatic rings. The summed E-state index contributed by atoms with van der Waals surface area (Å²) in [6.07, 6.45) is 0.417. The smallest absolute Gasteiger partial charge is 0.0674 e. The predicted molar refractivity (Wildman–Crippen MR) is 59.6 cm³/mol. The molecule has 0 bridgehead atoms. The van der Waals surface area contributed by atoms with Crippen LogP contribution < -0.4 is 0 Å². The van der Waals surface area contributed by atoms with Crippen molar-refractivity contribution in [2.75, 3.05) is 45.9 Å². The largest absolute Gasteiger partial charge is 0.376 e. The molecule has 1 heterocycles. The number of hydrogen-bond donors (Lipinski definition) is 0. The van der Waals surface area contributed by atoms with Gasteiger partial charge in [0.05, 0.1) is 12.7 Å². The maximum absolute atomic E-state index is 5.51. The van der Waals surface area contributed by atoms with E-state index in [0.29, 0.717) is 6.10 Å². The molecule has 1 unspecified atom stereocenters. The van der Waals surface area contributed by atoms with E-state index in [2.05, 4.69) is 30.6 Å². The van der Waals surface area contributed by atoms with E-state index in [0.717, 1.165) is 32.8 Å². The third-order valence-electron chi connectivity index (χ3n) is 2.95. The van der Waals surface area contributed by atoms with Gasteiger partial charge in [0.25, 0.3) is 0 Å². The summed E-state index contributed by atoms with van der Waals surface area (Å²) in [5.41, 5.74) is 0. The van der Waals surface area contributed by atoms with Crippen LogP contribution in [-0.4, -0.2) is 61.8 Å². The van der Waals surface area contributed by atoms with Crippen LogP contribution in [0.1, 0.15) is 20.8 Å². The van der Waals surface area contributed by atoms with Gasteiger partial charge in [0.15, 0.2) is 0 Å². The van der Waals surface area contributed by atoms with Crippen molar-refractivity contribution in [1.29, 1.82) is 0 Å². The van der Waals surface area contributed by atoms with Gasteiger partial charge in [0.1, 0.15) is 0 Å². The summed E-state index contributed by atoms with van der Waals surface area (Å²) in [5, 5.41) is 0. The average Bonchev–Trinajstić information content (AvgIpc) is 2.19. The molecule has 0 aromatic rings. The molecule has 14 heavy (non-hydrogen) atoms. The lowest BCUT2D eigenvalue weighted by Crippen LogP contribution is -2.44. The lowest BCUT2D eigenvalue weighted by atomic mass is 10.3. The molecule has 0 amide bonds. The Hall–Kier alpha value is -0.120. The Morgan fingerprint density at radius 3 is 2.64 bits per heavy atom. The quantitative estimate of drug-likeness (QED) is 0.660. The van der Waals surface area contributed by atoms with Crippen LogP contribution in [0.5, 0.6) is 0 Å². The van der Waals surface area contributed by atoms with Crippen LogP contribution in [0.3, 0.4) is 0 Å². The van der Waals surface area contributed by atoms with Gasteiger partial charge in [-0.3, -0.25) is 4.90 Å². The van der Waals surface area contributed by atoms with Gasteiger partial charge >= 0.3 is 0 Å². The second-order valence-corrected chi connectivity index (χ2v) is 4.01. The third-order valence-corrected chi connectivity index (χ3v) is 2.95. The SMILES string of the molecule is CCN(CC)CCN1CCOC(C)C1. The maximum Gasteiger partial charge on any atom is 0.0674 e. The third kappa shape index (κ3) is 3.95. The molecule has 1 saturated heterocycles. The van der Waals surface area contributed by atoms with Crippen LogP contribution in [-0.2, 0) is 4.74 Å². The first-order valence-corrected chi connectivity index (χ1v) is 5.82. The Morgan fingerprint density at radius 2 is 2.07 bits per heavy atom.